The first-order valence-electron chi connectivity index (χ1n) is 8.82. The Labute approximate surface area is 142 Å². The average Bonchev–Trinajstić information content (AvgIpc) is 2.80. The van der Waals surface area contributed by atoms with E-state index < -0.39 is 0 Å². The molecule has 1 heterocycles. The van der Waals surface area contributed by atoms with Gasteiger partial charge in [-0.15, -0.1) is 0 Å². The van der Waals surface area contributed by atoms with E-state index in [1.165, 1.54) is 39.2 Å². The predicted molar refractivity (Wildman–Crippen MR) is 91.9 cm³/mol. The van der Waals surface area contributed by atoms with Crippen LogP contribution in [0, 0.1) is 5.92 Å². The zero-order valence-electron chi connectivity index (χ0n) is 14.1. The van der Waals surface area contributed by atoms with Crippen LogP contribution in [0.2, 0.25) is 0 Å². The highest BCUT2D eigenvalue weighted by molar-refractivity contribution is 6.21. The fraction of sp³-hybridized carbons (Fsp3) is 0.526. The maximum Gasteiger partial charge on any atom is 0.261 e. The number of hydrogen-bond acceptors (Lipinski definition) is 3. The van der Waals surface area contributed by atoms with Gasteiger partial charge in [-0.1, -0.05) is 32.1 Å². The van der Waals surface area contributed by atoms with E-state index in [4.69, 9.17) is 0 Å². The first kappa shape index (κ1) is 16.7. The summed E-state index contributed by atoms with van der Waals surface area (Å²) in [4.78, 5) is 37.0. The van der Waals surface area contributed by atoms with Gasteiger partial charge in [-0.3, -0.25) is 19.3 Å². The molecule has 24 heavy (non-hydrogen) atoms. The molecule has 0 radical (unpaired) electrons. The van der Waals surface area contributed by atoms with Gasteiger partial charge in [-0.25, -0.2) is 0 Å². The van der Waals surface area contributed by atoms with Gasteiger partial charge in [0.2, 0.25) is 5.91 Å². The van der Waals surface area contributed by atoms with E-state index in [1.807, 2.05) is 0 Å². The Morgan fingerprint density at radius 3 is 2.58 bits per heavy atom. The van der Waals surface area contributed by atoms with Crippen LogP contribution in [0.15, 0.2) is 18.2 Å². The molecule has 0 spiro atoms. The summed E-state index contributed by atoms with van der Waals surface area (Å²) in [6, 6.07) is 4.89. The summed E-state index contributed by atoms with van der Waals surface area (Å²) >= 11 is 0. The van der Waals surface area contributed by atoms with E-state index >= 15 is 0 Å². The van der Waals surface area contributed by atoms with Crippen LogP contribution in [-0.4, -0.2) is 29.7 Å². The highest BCUT2D eigenvalue weighted by Crippen LogP contribution is 2.28. The number of benzene rings is 1. The minimum absolute atomic E-state index is 0.0316. The van der Waals surface area contributed by atoms with Gasteiger partial charge < -0.3 is 5.32 Å². The van der Waals surface area contributed by atoms with Crippen LogP contribution in [-0.2, 0) is 4.79 Å². The molecule has 1 aliphatic carbocycles. The molecule has 5 nitrogen and oxygen atoms in total. The zero-order chi connectivity index (χ0) is 17.1. The molecule has 2 aliphatic rings. The van der Waals surface area contributed by atoms with Crippen LogP contribution in [0.25, 0.3) is 0 Å². The minimum Gasteiger partial charge on any atom is -0.326 e. The predicted octanol–water partition coefficient (Wildman–Crippen LogP) is 3.60. The topological polar surface area (TPSA) is 66.5 Å². The number of rotatable bonds is 5. The molecule has 0 atom stereocenters. The van der Waals surface area contributed by atoms with E-state index in [1.54, 1.807) is 18.2 Å². The smallest absolute Gasteiger partial charge is 0.261 e. The maximum atomic E-state index is 12.1. The molecule has 3 amide bonds. The molecule has 1 fully saturated rings. The summed E-state index contributed by atoms with van der Waals surface area (Å²) in [6.45, 7) is 0. The minimum atomic E-state index is -0.316. The third-order valence-electron chi connectivity index (χ3n) is 5.11. The Bertz CT molecular complexity index is 663. The molecule has 0 aromatic heterocycles. The van der Waals surface area contributed by atoms with Gasteiger partial charge in [0.1, 0.15) is 0 Å². The summed E-state index contributed by atoms with van der Waals surface area (Å²) in [5, 5.41) is 2.84. The Hall–Kier alpha value is -2.17. The first-order valence-corrected chi connectivity index (χ1v) is 8.82. The van der Waals surface area contributed by atoms with Crippen molar-refractivity contribution in [2.24, 2.45) is 5.92 Å². The van der Waals surface area contributed by atoms with Crippen LogP contribution in [0.3, 0.4) is 0 Å². The standard InChI is InChI=1S/C19H24N2O3/c1-21-18(23)15-11-10-14(12-16(15)19(21)24)20-17(22)9-5-8-13-6-3-2-4-7-13/h10-13H,2-9H2,1H3,(H,20,22). The van der Waals surface area contributed by atoms with Crippen LogP contribution in [0.1, 0.15) is 72.1 Å². The number of imide groups is 1. The molecular formula is C19H24N2O3. The molecule has 0 unspecified atom stereocenters. The van der Waals surface area contributed by atoms with Crippen molar-refractivity contribution in [3.63, 3.8) is 0 Å². The van der Waals surface area contributed by atoms with Gasteiger partial charge in [-0.2, -0.15) is 0 Å². The molecule has 1 N–H and O–H groups in total. The molecule has 3 rings (SSSR count). The lowest BCUT2D eigenvalue weighted by Crippen LogP contribution is -2.24. The fourth-order valence-electron chi connectivity index (χ4n) is 3.69. The molecule has 128 valence electrons. The number of carbonyl (C=O) groups excluding carboxylic acids is 3. The largest absolute Gasteiger partial charge is 0.326 e. The van der Waals surface area contributed by atoms with Gasteiger partial charge in [0, 0.05) is 19.2 Å². The zero-order valence-corrected chi connectivity index (χ0v) is 14.1. The molecular weight excluding hydrogens is 304 g/mol. The van der Waals surface area contributed by atoms with E-state index in [2.05, 4.69) is 5.32 Å². The Morgan fingerprint density at radius 2 is 1.83 bits per heavy atom. The normalized spacial score (nSPS) is 18.0. The van der Waals surface area contributed by atoms with Crippen molar-refractivity contribution < 1.29 is 14.4 Å². The molecule has 1 saturated carbocycles. The van der Waals surface area contributed by atoms with Crippen molar-refractivity contribution in [2.75, 3.05) is 12.4 Å². The second-order valence-corrected chi connectivity index (χ2v) is 6.87. The second-order valence-electron chi connectivity index (χ2n) is 6.87. The summed E-state index contributed by atoms with van der Waals surface area (Å²) in [7, 11) is 1.47. The Morgan fingerprint density at radius 1 is 1.12 bits per heavy atom. The molecule has 0 bridgehead atoms. The summed E-state index contributed by atoms with van der Waals surface area (Å²) < 4.78 is 0. The second kappa shape index (κ2) is 7.16. The Balaban J connectivity index is 1.52. The van der Waals surface area contributed by atoms with Gasteiger partial charge in [0.05, 0.1) is 11.1 Å². The maximum absolute atomic E-state index is 12.1. The van der Waals surface area contributed by atoms with Crippen LogP contribution >= 0.6 is 0 Å². The number of fused-ring (bicyclic) bond motifs is 1. The summed E-state index contributed by atoms with van der Waals surface area (Å²) in [5.41, 5.74) is 1.34. The number of nitrogens with zero attached hydrogens (tertiary/aromatic N) is 1. The third-order valence-corrected chi connectivity index (χ3v) is 5.11. The van der Waals surface area contributed by atoms with Crippen molar-refractivity contribution in [3.8, 4) is 0 Å². The van der Waals surface area contributed by atoms with E-state index in [9.17, 15) is 14.4 Å². The Kier molecular flexibility index (Phi) is 4.97. The molecule has 0 saturated heterocycles. The molecule has 1 aromatic rings. The summed E-state index contributed by atoms with van der Waals surface area (Å²) in [5.74, 6) is 0.144. The first-order chi connectivity index (χ1) is 11.6. The van der Waals surface area contributed by atoms with Gasteiger partial charge in [0.15, 0.2) is 0 Å². The lowest BCUT2D eigenvalue weighted by molar-refractivity contribution is -0.116. The van der Waals surface area contributed by atoms with Crippen LogP contribution < -0.4 is 5.32 Å². The lowest BCUT2D eigenvalue weighted by Gasteiger charge is -2.21. The van der Waals surface area contributed by atoms with E-state index in [0.29, 0.717) is 23.2 Å². The monoisotopic (exact) mass is 328 g/mol. The van der Waals surface area contributed by atoms with E-state index in [-0.39, 0.29) is 17.7 Å². The fourth-order valence-corrected chi connectivity index (χ4v) is 3.69. The van der Waals surface area contributed by atoms with Crippen molar-refractivity contribution in [1.29, 1.82) is 0 Å². The number of amides is 3. The number of nitrogens with one attached hydrogen (secondary N) is 1. The molecule has 1 aliphatic heterocycles. The van der Waals surface area contributed by atoms with Gasteiger partial charge in [-0.05, 0) is 37.0 Å². The van der Waals surface area contributed by atoms with Gasteiger partial charge in [0.25, 0.3) is 11.8 Å². The molecule has 1 aromatic carbocycles. The number of hydrogen-bond donors (Lipinski definition) is 1. The van der Waals surface area contributed by atoms with Gasteiger partial charge >= 0.3 is 0 Å². The third kappa shape index (κ3) is 3.50. The van der Waals surface area contributed by atoms with Crippen molar-refractivity contribution in [1.82, 2.24) is 4.90 Å². The highest BCUT2D eigenvalue weighted by Gasteiger charge is 2.32. The number of carbonyl (C=O) groups is 3. The SMILES string of the molecule is CN1C(=O)c2ccc(NC(=O)CCCC3CCCCC3)cc2C1=O. The van der Waals surface area contributed by atoms with Crippen LogP contribution in [0.4, 0.5) is 5.69 Å². The lowest BCUT2D eigenvalue weighted by atomic mass is 9.86. The summed E-state index contributed by atoms with van der Waals surface area (Å²) in [6.07, 6.45) is 9.13. The van der Waals surface area contributed by atoms with E-state index in [0.717, 1.165) is 23.7 Å². The highest BCUT2D eigenvalue weighted by atomic mass is 16.2. The van der Waals surface area contributed by atoms with Crippen LogP contribution in [0.5, 0.6) is 0 Å². The van der Waals surface area contributed by atoms with Crippen molar-refractivity contribution in [3.05, 3.63) is 29.3 Å². The quantitative estimate of drug-likeness (QED) is 0.840. The number of anilines is 1. The van der Waals surface area contributed by atoms with Crippen molar-refractivity contribution >= 4 is 23.4 Å². The molecule has 5 heteroatoms. The van der Waals surface area contributed by atoms with Crippen molar-refractivity contribution in [2.45, 2.75) is 51.4 Å². The average molecular weight is 328 g/mol.